The normalized spacial score (nSPS) is 14.1. The average molecular weight is 680 g/mol. The Balaban J connectivity index is 5.19. The van der Waals surface area contributed by atoms with Crippen molar-refractivity contribution in [3.8, 4) is 0 Å². The van der Waals surface area contributed by atoms with Crippen LogP contribution in [0, 0.1) is 10.8 Å². The van der Waals surface area contributed by atoms with E-state index in [1.54, 1.807) is 0 Å². The minimum absolute atomic E-state index is 0.0850. The Labute approximate surface area is 229 Å². The van der Waals surface area contributed by atoms with Crippen LogP contribution in [0.1, 0.15) is 69.2 Å². The molecule has 0 rings (SSSR count). The Kier molecular flexibility index (Phi) is 18.2. The fourth-order valence-electron chi connectivity index (χ4n) is 3.93. The Bertz CT molecular complexity index is 490. The molecule has 35 heavy (non-hydrogen) atoms. The molecular formula is C24H56O6S2Si2Sn. The maximum absolute atomic E-state index is 6.14. The average Bonchev–Trinajstić information content (AvgIpc) is 2.72. The standard InChI is InChI=1S/2C11H26O3SSi.2CH3.Sn/c2*1-6-12-16(13-7-2,14-8-3)10-11(4,5)9-15;;;/h2*15H,6-10H2,1-5H3;2*1H3;/q;;;;+2/p-2. The van der Waals surface area contributed by atoms with Crippen LogP contribution in [0.4, 0.5) is 0 Å². The molecule has 0 amide bonds. The van der Waals surface area contributed by atoms with E-state index in [1.165, 1.54) is 0 Å². The predicted octanol–water partition coefficient (Wildman–Crippen LogP) is 7.30. The van der Waals surface area contributed by atoms with Gasteiger partial charge in [0.05, 0.1) is 0 Å². The van der Waals surface area contributed by atoms with Crippen molar-refractivity contribution >= 4 is 51.1 Å². The van der Waals surface area contributed by atoms with Crippen molar-refractivity contribution < 1.29 is 26.6 Å². The zero-order valence-corrected chi connectivity index (χ0v) is 31.3. The van der Waals surface area contributed by atoms with Crippen LogP contribution in [-0.2, 0) is 26.6 Å². The van der Waals surface area contributed by atoms with Crippen molar-refractivity contribution in [2.45, 2.75) is 91.2 Å². The van der Waals surface area contributed by atoms with E-state index >= 15 is 0 Å². The molecule has 6 nitrogen and oxygen atoms in total. The van der Waals surface area contributed by atoms with Crippen molar-refractivity contribution in [2.75, 3.05) is 51.1 Å². The van der Waals surface area contributed by atoms with E-state index in [0.717, 1.165) is 23.6 Å². The fourth-order valence-corrected chi connectivity index (χ4v) is 29.8. The molecule has 0 aromatic rings. The molecule has 0 heterocycles. The summed E-state index contributed by atoms with van der Waals surface area (Å²) in [6.07, 6.45) is 0. The van der Waals surface area contributed by atoms with E-state index < -0.39 is 33.2 Å². The maximum atomic E-state index is 6.14. The molecule has 212 valence electrons. The molecule has 0 aliphatic heterocycles. The molecule has 0 unspecified atom stereocenters. The van der Waals surface area contributed by atoms with E-state index in [2.05, 4.69) is 55.5 Å². The zero-order valence-electron chi connectivity index (χ0n) is 24.8. The predicted molar refractivity (Wildman–Crippen MR) is 161 cm³/mol. The summed E-state index contributed by atoms with van der Waals surface area (Å²) in [6, 6.07) is 1.71. The van der Waals surface area contributed by atoms with Gasteiger partial charge in [-0.1, -0.05) is 0 Å². The summed E-state index contributed by atoms with van der Waals surface area (Å²) >= 11 is -2.40. The minimum atomic E-state index is -2.66. The van der Waals surface area contributed by atoms with Gasteiger partial charge in [-0.05, 0) is 0 Å². The molecule has 0 radical (unpaired) electrons. The molecule has 0 saturated heterocycles. The second-order valence-electron chi connectivity index (χ2n) is 10.6. The molecule has 0 spiro atoms. The van der Waals surface area contributed by atoms with Crippen molar-refractivity contribution in [2.24, 2.45) is 10.8 Å². The third-order valence-corrected chi connectivity index (χ3v) is 34.7. The molecule has 11 heteroatoms. The second kappa shape index (κ2) is 17.4. The monoisotopic (exact) mass is 680 g/mol. The van der Waals surface area contributed by atoms with Gasteiger partial charge in [-0.15, -0.1) is 0 Å². The Hall–Kier alpha value is 1.69. The second-order valence-corrected chi connectivity index (χ2v) is 45.3. The molecular weight excluding hydrogens is 623 g/mol. The Morgan fingerprint density at radius 1 is 0.514 bits per heavy atom. The molecule has 0 N–H and O–H groups in total. The number of rotatable bonds is 22. The Morgan fingerprint density at radius 2 is 0.743 bits per heavy atom. The molecule has 0 aliphatic carbocycles. The van der Waals surface area contributed by atoms with Crippen LogP contribution in [0.2, 0.25) is 22.0 Å². The summed E-state index contributed by atoms with van der Waals surface area (Å²) in [6.45, 7) is 25.3. The number of hydrogen-bond donors (Lipinski definition) is 0. The molecule has 0 saturated carbocycles. The summed E-state index contributed by atoms with van der Waals surface area (Å²) in [5, 5.41) is 0. The van der Waals surface area contributed by atoms with E-state index in [9.17, 15) is 0 Å². The van der Waals surface area contributed by atoms with Crippen LogP contribution < -0.4 is 0 Å². The van der Waals surface area contributed by atoms with E-state index in [1.807, 2.05) is 41.5 Å². The molecule has 0 aromatic carbocycles. The summed E-state index contributed by atoms with van der Waals surface area (Å²) in [5.41, 5.74) is 0.170. The van der Waals surface area contributed by atoms with E-state index in [0.29, 0.717) is 39.6 Å². The van der Waals surface area contributed by atoms with Crippen molar-refractivity contribution in [1.29, 1.82) is 0 Å². The van der Waals surface area contributed by atoms with Crippen molar-refractivity contribution in [3.63, 3.8) is 0 Å². The summed E-state index contributed by atoms with van der Waals surface area (Å²) in [5.74, 6) is 2.20. The fraction of sp³-hybridized carbons (Fsp3) is 1.00. The first-order chi connectivity index (χ1) is 16.2. The zero-order chi connectivity index (χ0) is 27.2. The first-order valence-corrected chi connectivity index (χ1v) is 31.8. The van der Waals surface area contributed by atoms with E-state index in [-0.39, 0.29) is 10.8 Å². The molecule has 0 aromatic heterocycles. The SMILES string of the molecule is CCO[Si](CC(C)(C)C[S][Sn]([CH3])([CH3])[S]CC(C)(C)C[Si](OCC)(OCC)OCC)(OCC)OCC. The van der Waals surface area contributed by atoms with Crippen LogP contribution in [-0.4, -0.2) is 84.4 Å². The molecule has 0 fully saturated rings. The first kappa shape index (κ1) is 36.7. The van der Waals surface area contributed by atoms with Gasteiger partial charge in [-0.3, -0.25) is 0 Å². The number of hydrogen-bond acceptors (Lipinski definition) is 8. The summed E-state index contributed by atoms with van der Waals surface area (Å²) in [7, 11) is -0.888. The van der Waals surface area contributed by atoms with Gasteiger partial charge in [0.1, 0.15) is 0 Å². The van der Waals surface area contributed by atoms with Crippen LogP contribution in [0.25, 0.3) is 0 Å². The summed E-state index contributed by atoms with van der Waals surface area (Å²) in [4.78, 5) is 5.07. The van der Waals surface area contributed by atoms with Gasteiger partial charge >= 0.3 is 231 Å². The topological polar surface area (TPSA) is 55.4 Å². The van der Waals surface area contributed by atoms with Gasteiger partial charge in [-0.2, -0.15) is 0 Å². The van der Waals surface area contributed by atoms with Gasteiger partial charge < -0.3 is 0 Å². The third-order valence-electron chi connectivity index (χ3n) is 5.20. The van der Waals surface area contributed by atoms with Gasteiger partial charge in [0.2, 0.25) is 0 Å². The van der Waals surface area contributed by atoms with Gasteiger partial charge in [0.25, 0.3) is 0 Å². The van der Waals surface area contributed by atoms with Gasteiger partial charge in [0, 0.05) is 0 Å². The van der Waals surface area contributed by atoms with Crippen molar-refractivity contribution in [1.82, 2.24) is 0 Å². The van der Waals surface area contributed by atoms with Crippen LogP contribution in [0.5, 0.6) is 0 Å². The molecule has 0 aliphatic rings. The first-order valence-electron chi connectivity index (χ1n) is 13.3. The quantitative estimate of drug-likeness (QED) is 0.111. The van der Waals surface area contributed by atoms with Crippen molar-refractivity contribution in [3.05, 3.63) is 0 Å². The van der Waals surface area contributed by atoms with Gasteiger partial charge in [-0.25, -0.2) is 0 Å². The van der Waals surface area contributed by atoms with Crippen LogP contribution in [0.15, 0.2) is 0 Å². The van der Waals surface area contributed by atoms with Crippen LogP contribution >= 0.6 is 17.9 Å². The van der Waals surface area contributed by atoms with Crippen LogP contribution in [0.3, 0.4) is 0 Å². The molecule has 0 bridgehead atoms. The molecule has 0 atom stereocenters. The Morgan fingerprint density at radius 3 is 0.943 bits per heavy atom. The van der Waals surface area contributed by atoms with E-state index in [4.69, 9.17) is 26.6 Å². The van der Waals surface area contributed by atoms with Gasteiger partial charge in [0.15, 0.2) is 0 Å². The summed E-state index contributed by atoms with van der Waals surface area (Å²) < 4.78 is 36.9. The third kappa shape index (κ3) is 15.2.